The predicted molar refractivity (Wildman–Crippen MR) is 126 cm³/mol. The summed E-state index contributed by atoms with van der Waals surface area (Å²) in [6, 6.07) is 12.3. The molecular formula is C26H27FN2O2S. The molecule has 4 nitrogen and oxygen atoms in total. The van der Waals surface area contributed by atoms with Crippen molar-refractivity contribution in [3.8, 4) is 5.75 Å². The monoisotopic (exact) mass is 450 g/mol. The fourth-order valence-corrected chi connectivity index (χ4v) is 6.51. The van der Waals surface area contributed by atoms with Crippen molar-refractivity contribution in [1.82, 2.24) is 4.90 Å². The number of rotatable bonds is 3. The average Bonchev–Trinajstić information content (AvgIpc) is 3.19. The maximum absolute atomic E-state index is 14.1. The van der Waals surface area contributed by atoms with Crippen LogP contribution in [0.1, 0.15) is 50.9 Å². The Balaban J connectivity index is 1.56. The van der Waals surface area contributed by atoms with Gasteiger partial charge in [-0.25, -0.2) is 9.18 Å². The first-order valence-electron chi connectivity index (χ1n) is 11.2. The van der Waals surface area contributed by atoms with Gasteiger partial charge in [-0.1, -0.05) is 24.3 Å². The summed E-state index contributed by atoms with van der Waals surface area (Å²) in [5.41, 5.74) is 4.94. The molecule has 2 aromatic carbocycles. The first-order valence-corrected chi connectivity index (χ1v) is 12.0. The molecule has 1 atom stereocenters. The number of carbonyl (C=O) groups is 1. The summed E-state index contributed by atoms with van der Waals surface area (Å²) in [4.78, 5) is 18.1. The normalized spacial score (nSPS) is 17.5. The number of nitrogens with one attached hydrogen (secondary N) is 1. The molecule has 32 heavy (non-hydrogen) atoms. The SMILES string of the molecule is COc1ccccc1[C@@H]1c2sc3c(c2CCN1C(=O)Nc1ccc(C)c(F)c1)CCCC3. The van der Waals surface area contributed by atoms with Crippen LogP contribution in [0.3, 0.4) is 0 Å². The molecule has 0 unspecified atom stereocenters. The molecule has 0 radical (unpaired) electrons. The zero-order valence-electron chi connectivity index (χ0n) is 18.4. The fourth-order valence-electron chi connectivity index (χ4n) is 4.94. The van der Waals surface area contributed by atoms with Crippen LogP contribution in [0.15, 0.2) is 42.5 Å². The lowest BCUT2D eigenvalue weighted by Gasteiger charge is -2.37. The van der Waals surface area contributed by atoms with Gasteiger partial charge < -0.3 is 15.0 Å². The highest BCUT2D eigenvalue weighted by atomic mass is 32.1. The molecule has 0 saturated carbocycles. The van der Waals surface area contributed by atoms with Crippen molar-refractivity contribution >= 4 is 23.1 Å². The van der Waals surface area contributed by atoms with Crippen LogP contribution in [-0.2, 0) is 19.3 Å². The number of carbonyl (C=O) groups excluding carboxylic acids is 1. The molecule has 1 aromatic heterocycles. The lowest BCUT2D eigenvalue weighted by Crippen LogP contribution is -2.42. The summed E-state index contributed by atoms with van der Waals surface area (Å²) >= 11 is 1.85. The summed E-state index contributed by atoms with van der Waals surface area (Å²) < 4.78 is 19.7. The molecule has 2 heterocycles. The van der Waals surface area contributed by atoms with E-state index in [2.05, 4.69) is 5.32 Å². The number of methoxy groups -OCH3 is 1. The number of hydrogen-bond donors (Lipinski definition) is 1. The molecule has 166 valence electrons. The zero-order valence-corrected chi connectivity index (χ0v) is 19.2. The number of benzene rings is 2. The Labute approximate surface area is 192 Å². The molecule has 2 aliphatic rings. The van der Waals surface area contributed by atoms with Gasteiger partial charge in [0.15, 0.2) is 0 Å². The number of para-hydroxylation sites is 1. The number of anilines is 1. The van der Waals surface area contributed by atoms with E-state index in [0.29, 0.717) is 17.8 Å². The van der Waals surface area contributed by atoms with E-state index in [-0.39, 0.29) is 17.9 Å². The van der Waals surface area contributed by atoms with Crippen molar-refractivity contribution in [2.75, 3.05) is 19.0 Å². The van der Waals surface area contributed by atoms with Gasteiger partial charge in [-0.05, 0) is 73.9 Å². The van der Waals surface area contributed by atoms with Crippen LogP contribution in [0.4, 0.5) is 14.9 Å². The molecule has 0 bridgehead atoms. The van der Waals surface area contributed by atoms with Crippen molar-refractivity contribution < 1.29 is 13.9 Å². The molecule has 6 heteroatoms. The van der Waals surface area contributed by atoms with E-state index in [0.717, 1.165) is 30.6 Å². The molecule has 1 N–H and O–H groups in total. The van der Waals surface area contributed by atoms with Gasteiger partial charge in [0.05, 0.1) is 13.2 Å². The topological polar surface area (TPSA) is 41.6 Å². The third-order valence-electron chi connectivity index (χ3n) is 6.59. The lowest BCUT2D eigenvalue weighted by atomic mass is 9.88. The highest BCUT2D eigenvalue weighted by Gasteiger charge is 2.37. The van der Waals surface area contributed by atoms with Crippen LogP contribution in [0.5, 0.6) is 5.75 Å². The van der Waals surface area contributed by atoms with Crippen molar-refractivity contribution in [1.29, 1.82) is 0 Å². The molecule has 3 aromatic rings. The van der Waals surface area contributed by atoms with Crippen LogP contribution in [0.25, 0.3) is 0 Å². The smallest absolute Gasteiger partial charge is 0.322 e. The van der Waals surface area contributed by atoms with Gasteiger partial charge in [0, 0.05) is 27.5 Å². The van der Waals surface area contributed by atoms with Crippen LogP contribution in [-0.4, -0.2) is 24.6 Å². The summed E-state index contributed by atoms with van der Waals surface area (Å²) in [7, 11) is 1.67. The first-order chi connectivity index (χ1) is 15.6. The van der Waals surface area contributed by atoms with Crippen LogP contribution < -0.4 is 10.1 Å². The average molecular weight is 451 g/mol. The fraction of sp³-hybridized carbons (Fsp3) is 0.346. The molecule has 1 aliphatic heterocycles. The van der Waals surface area contributed by atoms with E-state index in [4.69, 9.17) is 4.74 Å². The van der Waals surface area contributed by atoms with Crippen molar-refractivity contribution in [2.24, 2.45) is 0 Å². The molecule has 0 spiro atoms. The van der Waals surface area contributed by atoms with Crippen LogP contribution in [0, 0.1) is 12.7 Å². The van der Waals surface area contributed by atoms with Gasteiger partial charge in [0.2, 0.25) is 0 Å². The standard InChI is InChI=1S/C26H27FN2O2S/c1-16-11-12-17(15-21(16)27)28-26(30)29-14-13-19-18-7-4-6-10-23(18)32-25(19)24(29)20-8-3-5-9-22(20)31-2/h3,5,8-9,11-12,15,24H,4,6-7,10,13-14H2,1-2H3,(H,28,30)/t24-/m1/s1. The van der Waals surface area contributed by atoms with Crippen molar-refractivity contribution in [2.45, 2.75) is 45.1 Å². The molecule has 0 fully saturated rings. The number of aryl methyl sites for hydroxylation is 2. The van der Waals surface area contributed by atoms with E-state index >= 15 is 0 Å². The third kappa shape index (κ3) is 3.66. The summed E-state index contributed by atoms with van der Waals surface area (Å²) in [6.07, 6.45) is 5.57. The van der Waals surface area contributed by atoms with Gasteiger partial charge in [0.1, 0.15) is 11.6 Å². The zero-order chi connectivity index (χ0) is 22.2. The third-order valence-corrected chi connectivity index (χ3v) is 7.98. The lowest BCUT2D eigenvalue weighted by molar-refractivity contribution is 0.194. The number of hydrogen-bond acceptors (Lipinski definition) is 3. The number of fused-ring (bicyclic) bond motifs is 3. The van der Waals surface area contributed by atoms with Crippen LogP contribution >= 0.6 is 11.3 Å². The Morgan fingerprint density at radius 1 is 1.12 bits per heavy atom. The van der Waals surface area contributed by atoms with E-state index < -0.39 is 0 Å². The van der Waals surface area contributed by atoms with Gasteiger partial charge >= 0.3 is 6.03 Å². The van der Waals surface area contributed by atoms with E-state index in [1.165, 1.54) is 39.8 Å². The Hall–Kier alpha value is -2.86. The Bertz CT molecular complexity index is 1170. The number of halogens is 1. The molecule has 2 amide bonds. The Morgan fingerprint density at radius 3 is 2.75 bits per heavy atom. The second-order valence-corrected chi connectivity index (χ2v) is 9.67. The highest BCUT2D eigenvalue weighted by molar-refractivity contribution is 7.12. The molecule has 1 aliphatic carbocycles. The minimum atomic E-state index is -0.323. The van der Waals surface area contributed by atoms with Crippen molar-refractivity contribution in [3.63, 3.8) is 0 Å². The van der Waals surface area contributed by atoms with E-state index in [1.54, 1.807) is 26.2 Å². The van der Waals surface area contributed by atoms with Gasteiger partial charge in [-0.2, -0.15) is 0 Å². The van der Waals surface area contributed by atoms with E-state index in [1.807, 2.05) is 40.5 Å². The largest absolute Gasteiger partial charge is 0.496 e. The first kappa shape index (κ1) is 21.0. The maximum Gasteiger partial charge on any atom is 0.322 e. The molecule has 5 rings (SSSR count). The maximum atomic E-state index is 14.1. The predicted octanol–water partition coefficient (Wildman–Crippen LogP) is 6.26. The molecular weight excluding hydrogens is 423 g/mol. The summed E-state index contributed by atoms with van der Waals surface area (Å²) in [5.74, 6) is 0.451. The van der Waals surface area contributed by atoms with E-state index in [9.17, 15) is 9.18 Å². The number of urea groups is 1. The number of amides is 2. The number of nitrogens with zero attached hydrogens (tertiary/aromatic N) is 1. The van der Waals surface area contributed by atoms with Crippen LogP contribution in [0.2, 0.25) is 0 Å². The Morgan fingerprint density at radius 2 is 1.94 bits per heavy atom. The summed E-state index contributed by atoms with van der Waals surface area (Å²) in [6.45, 7) is 2.32. The van der Waals surface area contributed by atoms with Crippen molar-refractivity contribution in [3.05, 3.63) is 80.3 Å². The second-order valence-electron chi connectivity index (χ2n) is 8.54. The number of ether oxygens (including phenoxy) is 1. The van der Waals surface area contributed by atoms with Gasteiger partial charge in [-0.15, -0.1) is 11.3 Å². The quantitative estimate of drug-likeness (QED) is 0.511. The minimum Gasteiger partial charge on any atom is -0.496 e. The highest BCUT2D eigenvalue weighted by Crippen LogP contribution is 2.46. The van der Waals surface area contributed by atoms with Gasteiger partial charge in [0.25, 0.3) is 0 Å². The number of thiophene rings is 1. The second kappa shape index (κ2) is 8.58. The minimum absolute atomic E-state index is 0.221. The Kier molecular flexibility index (Phi) is 5.64. The van der Waals surface area contributed by atoms with Gasteiger partial charge in [-0.3, -0.25) is 0 Å². The molecule has 0 saturated heterocycles. The summed E-state index contributed by atoms with van der Waals surface area (Å²) in [5, 5.41) is 2.92.